The van der Waals surface area contributed by atoms with Crippen molar-refractivity contribution in [2.75, 3.05) is 5.32 Å². The molecular weight excluding hydrogens is 324 g/mol. The lowest BCUT2D eigenvalue weighted by Gasteiger charge is -2.21. The zero-order valence-corrected chi connectivity index (χ0v) is 13.4. The number of hydrogen-bond acceptors (Lipinski definition) is 2. The van der Waals surface area contributed by atoms with E-state index in [1.54, 1.807) is 0 Å². The first-order valence-electron chi connectivity index (χ1n) is 7.32. The molecule has 2 nitrogen and oxygen atoms in total. The van der Waals surface area contributed by atoms with E-state index in [2.05, 4.69) is 51.6 Å². The molecule has 0 aromatic heterocycles. The van der Waals surface area contributed by atoms with Gasteiger partial charge in [-0.25, -0.2) is 0 Å². The zero-order chi connectivity index (χ0) is 14.7. The van der Waals surface area contributed by atoms with E-state index < -0.39 is 0 Å². The number of halogens is 1. The number of benzene rings is 2. The lowest BCUT2D eigenvalue weighted by molar-refractivity contribution is 0.644. The SMILES string of the molecule is N#Cc1ccc(NC2CCCCc3ccccc32)c(Br)c1. The molecule has 1 aliphatic carbocycles. The number of aryl methyl sites for hydroxylation is 1. The molecule has 0 aliphatic heterocycles. The van der Waals surface area contributed by atoms with E-state index in [1.807, 2.05) is 18.2 Å². The molecule has 1 unspecified atom stereocenters. The highest BCUT2D eigenvalue weighted by atomic mass is 79.9. The third-order valence-electron chi connectivity index (χ3n) is 4.05. The number of rotatable bonds is 2. The van der Waals surface area contributed by atoms with E-state index in [1.165, 1.54) is 30.4 Å². The van der Waals surface area contributed by atoms with Gasteiger partial charge in [-0.3, -0.25) is 0 Å². The monoisotopic (exact) mass is 340 g/mol. The Morgan fingerprint density at radius 2 is 2.00 bits per heavy atom. The van der Waals surface area contributed by atoms with Crippen molar-refractivity contribution in [3.05, 3.63) is 63.6 Å². The number of nitrogens with one attached hydrogen (secondary N) is 1. The topological polar surface area (TPSA) is 35.8 Å². The van der Waals surface area contributed by atoms with Gasteiger partial charge in [0.25, 0.3) is 0 Å². The zero-order valence-electron chi connectivity index (χ0n) is 11.8. The number of fused-ring (bicyclic) bond motifs is 1. The molecule has 0 heterocycles. The first-order chi connectivity index (χ1) is 10.3. The minimum Gasteiger partial charge on any atom is -0.377 e. The predicted molar refractivity (Wildman–Crippen MR) is 89.2 cm³/mol. The summed E-state index contributed by atoms with van der Waals surface area (Å²) in [6.07, 6.45) is 4.80. The van der Waals surface area contributed by atoms with Crippen LogP contribution in [-0.4, -0.2) is 0 Å². The van der Waals surface area contributed by atoms with Gasteiger partial charge in [0.05, 0.1) is 17.7 Å². The maximum absolute atomic E-state index is 8.95. The smallest absolute Gasteiger partial charge is 0.0992 e. The van der Waals surface area contributed by atoms with Crippen molar-refractivity contribution in [1.82, 2.24) is 0 Å². The third-order valence-corrected chi connectivity index (χ3v) is 4.70. The number of hydrogen-bond donors (Lipinski definition) is 1. The molecule has 1 aliphatic rings. The normalized spacial score (nSPS) is 17.4. The van der Waals surface area contributed by atoms with Crippen molar-refractivity contribution in [2.24, 2.45) is 0 Å². The average molecular weight is 341 g/mol. The summed E-state index contributed by atoms with van der Waals surface area (Å²) in [6, 6.07) is 16.9. The van der Waals surface area contributed by atoms with Crippen LogP contribution in [0.2, 0.25) is 0 Å². The van der Waals surface area contributed by atoms with Crippen LogP contribution in [0.1, 0.15) is 42.0 Å². The second-order valence-electron chi connectivity index (χ2n) is 5.45. The van der Waals surface area contributed by atoms with Crippen LogP contribution < -0.4 is 5.32 Å². The molecule has 0 saturated heterocycles. The van der Waals surface area contributed by atoms with Gasteiger partial charge in [-0.05, 0) is 64.5 Å². The molecule has 2 aromatic carbocycles. The summed E-state index contributed by atoms with van der Waals surface area (Å²) < 4.78 is 0.947. The van der Waals surface area contributed by atoms with Gasteiger partial charge in [0.15, 0.2) is 0 Å². The van der Waals surface area contributed by atoms with Crippen molar-refractivity contribution in [1.29, 1.82) is 5.26 Å². The van der Waals surface area contributed by atoms with Crippen molar-refractivity contribution in [3.8, 4) is 6.07 Å². The van der Waals surface area contributed by atoms with Crippen molar-refractivity contribution < 1.29 is 0 Å². The number of nitrogens with zero attached hydrogens (tertiary/aromatic N) is 1. The summed E-state index contributed by atoms with van der Waals surface area (Å²) in [6.45, 7) is 0. The highest BCUT2D eigenvalue weighted by Gasteiger charge is 2.18. The Balaban J connectivity index is 1.90. The van der Waals surface area contributed by atoms with Gasteiger partial charge in [-0.2, -0.15) is 5.26 Å². The first-order valence-corrected chi connectivity index (χ1v) is 8.11. The fraction of sp³-hybridized carbons (Fsp3) is 0.278. The summed E-state index contributed by atoms with van der Waals surface area (Å²) >= 11 is 3.56. The van der Waals surface area contributed by atoms with Gasteiger partial charge in [0.2, 0.25) is 0 Å². The lowest BCUT2D eigenvalue weighted by Crippen LogP contribution is -2.11. The Morgan fingerprint density at radius 1 is 1.14 bits per heavy atom. The van der Waals surface area contributed by atoms with Crippen molar-refractivity contribution in [3.63, 3.8) is 0 Å². The highest BCUT2D eigenvalue weighted by Crippen LogP contribution is 2.34. The van der Waals surface area contributed by atoms with Crippen LogP contribution in [0.5, 0.6) is 0 Å². The molecule has 0 amide bonds. The summed E-state index contributed by atoms with van der Waals surface area (Å²) in [4.78, 5) is 0. The molecule has 1 N–H and O–H groups in total. The van der Waals surface area contributed by atoms with E-state index in [0.29, 0.717) is 11.6 Å². The molecule has 21 heavy (non-hydrogen) atoms. The molecule has 0 bridgehead atoms. The molecule has 0 fully saturated rings. The maximum atomic E-state index is 8.95. The Bertz CT molecular complexity index is 688. The van der Waals surface area contributed by atoms with E-state index in [-0.39, 0.29) is 0 Å². The minimum absolute atomic E-state index is 0.341. The Kier molecular flexibility index (Phi) is 4.26. The standard InChI is InChI=1S/C18H17BrN2/c19-16-11-13(12-20)9-10-18(16)21-17-8-4-2-6-14-5-1-3-7-15(14)17/h1,3,5,7,9-11,17,21H,2,4,6,8H2. The summed E-state index contributed by atoms with van der Waals surface area (Å²) in [7, 11) is 0. The van der Waals surface area contributed by atoms with Crippen LogP contribution in [0.3, 0.4) is 0 Å². The number of nitriles is 1. The summed E-state index contributed by atoms with van der Waals surface area (Å²) in [5, 5.41) is 12.6. The lowest BCUT2D eigenvalue weighted by atomic mass is 9.99. The summed E-state index contributed by atoms with van der Waals surface area (Å²) in [5.74, 6) is 0. The van der Waals surface area contributed by atoms with Gasteiger partial charge >= 0.3 is 0 Å². The van der Waals surface area contributed by atoms with Gasteiger partial charge in [0, 0.05) is 10.2 Å². The minimum atomic E-state index is 0.341. The van der Waals surface area contributed by atoms with Gasteiger partial charge < -0.3 is 5.32 Å². The van der Waals surface area contributed by atoms with E-state index in [4.69, 9.17) is 5.26 Å². The van der Waals surface area contributed by atoms with E-state index in [0.717, 1.165) is 16.6 Å². The van der Waals surface area contributed by atoms with E-state index >= 15 is 0 Å². The Morgan fingerprint density at radius 3 is 2.81 bits per heavy atom. The molecule has 0 radical (unpaired) electrons. The molecular formula is C18H17BrN2. The number of anilines is 1. The van der Waals surface area contributed by atoms with E-state index in [9.17, 15) is 0 Å². The van der Waals surface area contributed by atoms with Crippen molar-refractivity contribution >= 4 is 21.6 Å². The van der Waals surface area contributed by atoms with Gasteiger partial charge in [-0.1, -0.05) is 30.7 Å². The molecule has 1 atom stereocenters. The first kappa shape index (κ1) is 14.2. The predicted octanol–water partition coefficient (Wildman–Crippen LogP) is 5.20. The van der Waals surface area contributed by atoms with Crippen LogP contribution in [0.4, 0.5) is 5.69 Å². The van der Waals surface area contributed by atoms with Crippen molar-refractivity contribution in [2.45, 2.75) is 31.7 Å². The molecule has 3 heteroatoms. The van der Waals surface area contributed by atoms with Gasteiger partial charge in [-0.15, -0.1) is 0 Å². The molecule has 2 aromatic rings. The molecule has 3 rings (SSSR count). The molecule has 0 saturated carbocycles. The van der Waals surface area contributed by atoms with Crippen LogP contribution in [0.15, 0.2) is 46.9 Å². The van der Waals surface area contributed by atoms with Crippen LogP contribution in [-0.2, 0) is 6.42 Å². The largest absolute Gasteiger partial charge is 0.377 e. The second kappa shape index (κ2) is 6.32. The third kappa shape index (κ3) is 3.11. The van der Waals surface area contributed by atoms with Crippen LogP contribution in [0.25, 0.3) is 0 Å². The van der Waals surface area contributed by atoms with Crippen LogP contribution in [0, 0.1) is 11.3 Å². The summed E-state index contributed by atoms with van der Waals surface area (Å²) in [5.41, 5.74) is 4.59. The Hall–Kier alpha value is -1.79. The second-order valence-corrected chi connectivity index (χ2v) is 6.30. The Labute approximate surface area is 133 Å². The molecule has 0 spiro atoms. The fourth-order valence-electron chi connectivity index (χ4n) is 2.96. The quantitative estimate of drug-likeness (QED) is 0.762. The maximum Gasteiger partial charge on any atom is 0.0992 e. The average Bonchev–Trinajstić information content (AvgIpc) is 2.72. The molecule has 106 valence electrons. The fourth-order valence-corrected chi connectivity index (χ4v) is 3.45. The van der Waals surface area contributed by atoms with Crippen LogP contribution >= 0.6 is 15.9 Å². The van der Waals surface area contributed by atoms with Gasteiger partial charge in [0.1, 0.15) is 0 Å². The highest BCUT2D eigenvalue weighted by molar-refractivity contribution is 9.10.